The summed E-state index contributed by atoms with van der Waals surface area (Å²) in [7, 11) is 3.73. The van der Waals surface area contributed by atoms with Crippen LogP contribution in [-0.2, 0) is 24.9 Å². The zero-order valence-corrected chi connectivity index (χ0v) is 11.8. The smallest absolute Gasteiger partial charge is 0.125 e. The average molecular weight is 259 g/mol. The molecular formula is C15H21N3O. The Morgan fingerprint density at radius 1 is 1.37 bits per heavy atom. The van der Waals surface area contributed by atoms with Crippen molar-refractivity contribution in [3.8, 4) is 0 Å². The molecule has 2 aromatic rings. The quantitative estimate of drug-likeness (QED) is 0.866. The van der Waals surface area contributed by atoms with Gasteiger partial charge in [0.1, 0.15) is 5.82 Å². The Morgan fingerprint density at radius 3 is 2.84 bits per heavy atom. The monoisotopic (exact) mass is 259 g/mol. The summed E-state index contributed by atoms with van der Waals surface area (Å²) in [6, 6.07) is 8.66. The number of hydrogen-bond acceptors (Lipinski definition) is 3. The van der Waals surface area contributed by atoms with Crippen molar-refractivity contribution >= 4 is 0 Å². The third-order valence-electron chi connectivity index (χ3n) is 3.16. The van der Waals surface area contributed by atoms with Gasteiger partial charge in [-0.2, -0.15) is 0 Å². The molecule has 0 aliphatic rings. The third-order valence-corrected chi connectivity index (χ3v) is 3.16. The van der Waals surface area contributed by atoms with Crippen LogP contribution < -0.4 is 5.32 Å². The maximum atomic E-state index is 5.15. The first-order valence-corrected chi connectivity index (χ1v) is 6.48. The molecule has 0 aliphatic heterocycles. The van der Waals surface area contributed by atoms with E-state index in [4.69, 9.17) is 4.74 Å². The molecule has 102 valence electrons. The number of rotatable bonds is 6. The van der Waals surface area contributed by atoms with Gasteiger partial charge in [-0.05, 0) is 18.1 Å². The van der Waals surface area contributed by atoms with E-state index in [1.54, 1.807) is 7.11 Å². The van der Waals surface area contributed by atoms with Crippen LogP contribution >= 0.6 is 0 Å². The molecule has 0 saturated carbocycles. The van der Waals surface area contributed by atoms with Crippen molar-refractivity contribution in [3.63, 3.8) is 0 Å². The molecule has 19 heavy (non-hydrogen) atoms. The maximum Gasteiger partial charge on any atom is 0.125 e. The van der Waals surface area contributed by atoms with E-state index in [2.05, 4.69) is 41.5 Å². The second kappa shape index (κ2) is 6.50. The second-order valence-corrected chi connectivity index (χ2v) is 4.75. The van der Waals surface area contributed by atoms with Crippen LogP contribution in [0.1, 0.15) is 29.9 Å². The highest BCUT2D eigenvalue weighted by Gasteiger charge is 2.09. The van der Waals surface area contributed by atoms with Gasteiger partial charge >= 0.3 is 0 Å². The molecular weight excluding hydrogens is 238 g/mol. The minimum atomic E-state index is 0.228. The summed E-state index contributed by atoms with van der Waals surface area (Å²) in [5.41, 5.74) is 2.46. The Kier molecular flexibility index (Phi) is 4.71. The second-order valence-electron chi connectivity index (χ2n) is 4.75. The van der Waals surface area contributed by atoms with Crippen molar-refractivity contribution in [2.24, 2.45) is 7.05 Å². The first-order valence-electron chi connectivity index (χ1n) is 6.48. The van der Waals surface area contributed by atoms with Crippen molar-refractivity contribution in [1.29, 1.82) is 0 Å². The molecule has 2 rings (SSSR count). The molecule has 1 aromatic heterocycles. The van der Waals surface area contributed by atoms with Gasteiger partial charge in [0.05, 0.1) is 12.6 Å². The van der Waals surface area contributed by atoms with Gasteiger partial charge in [0.15, 0.2) is 0 Å². The summed E-state index contributed by atoms with van der Waals surface area (Å²) >= 11 is 0. The predicted molar refractivity (Wildman–Crippen MR) is 75.6 cm³/mol. The summed E-state index contributed by atoms with van der Waals surface area (Å²) in [5, 5.41) is 3.49. The van der Waals surface area contributed by atoms with Crippen LogP contribution in [-0.4, -0.2) is 16.7 Å². The topological polar surface area (TPSA) is 39.1 Å². The Morgan fingerprint density at radius 2 is 2.16 bits per heavy atom. The van der Waals surface area contributed by atoms with Gasteiger partial charge < -0.3 is 14.6 Å². The molecule has 0 radical (unpaired) electrons. The lowest BCUT2D eigenvalue weighted by atomic mass is 10.1. The first kappa shape index (κ1) is 13.8. The molecule has 1 N–H and O–H groups in total. The van der Waals surface area contributed by atoms with E-state index in [1.807, 2.05) is 24.0 Å². The molecule has 0 saturated heterocycles. The summed E-state index contributed by atoms with van der Waals surface area (Å²) in [6.45, 7) is 3.61. The van der Waals surface area contributed by atoms with Gasteiger partial charge in [-0.1, -0.05) is 24.3 Å². The van der Waals surface area contributed by atoms with Crippen LogP contribution in [0.2, 0.25) is 0 Å². The van der Waals surface area contributed by atoms with Crippen LogP contribution in [0.25, 0.3) is 0 Å². The molecule has 0 spiro atoms. The number of ether oxygens (including phenoxy) is 1. The van der Waals surface area contributed by atoms with Gasteiger partial charge in [0.25, 0.3) is 0 Å². The lowest BCUT2D eigenvalue weighted by Gasteiger charge is -2.14. The predicted octanol–water partition coefficient (Wildman–Crippen LogP) is 2.42. The molecule has 0 aliphatic carbocycles. The molecule has 1 atom stereocenters. The van der Waals surface area contributed by atoms with Crippen molar-refractivity contribution in [3.05, 3.63) is 53.6 Å². The molecule has 0 fully saturated rings. The average Bonchev–Trinajstić information content (AvgIpc) is 2.83. The summed E-state index contributed by atoms with van der Waals surface area (Å²) < 4.78 is 7.19. The van der Waals surface area contributed by atoms with Crippen molar-refractivity contribution in [2.75, 3.05) is 7.11 Å². The molecule has 4 heteroatoms. The number of benzene rings is 1. The van der Waals surface area contributed by atoms with Crippen molar-refractivity contribution < 1.29 is 4.74 Å². The van der Waals surface area contributed by atoms with Gasteiger partial charge in [0, 0.05) is 33.1 Å². The Bertz CT molecular complexity index is 522. The van der Waals surface area contributed by atoms with E-state index in [-0.39, 0.29) is 6.04 Å². The molecule has 4 nitrogen and oxygen atoms in total. The highest BCUT2D eigenvalue weighted by Crippen LogP contribution is 2.11. The van der Waals surface area contributed by atoms with Gasteiger partial charge in [0.2, 0.25) is 0 Å². The number of methoxy groups -OCH3 is 1. The zero-order chi connectivity index (χ0) is 13.7. The Balaban J connectivity index is 1.95. The van der Waals surface area contributed by atoms with Crippen molar-refractivity contribution in [2.45, 2.75) is 26.1 Å². The van der Waals surface area contributed by atoms with E-state index < -0.39 is 0 Å². The number of imidazole rings is 1. The van der Waals surface area contributed by atoms with Crippen LogP contribution in [0.3, 0.4) is 0 Å². The molecule has 0 bridgehead atoms. The van der Waals surface area contributed by atoms with E-state index in [0.29, 0.717) is 6.61 Å². The third kappa shape index (κ3) is 3.66. The minimum absolute atomic E-state index is 0.228. The number of aromatic nitrogens is 2. The lowest BCUT2D eigenvalue weighted by molar-refractivity contribution is 0.185. The van der Waals surface area contributed by atoms with Crippen LogP contribution in [0.5, 0.6) is 0 Å². The molecule has 1 heterocycles. The minimum Gasteiger partial charge on any atom is -0.380 e. The Hall–Kier alpha value is -1.65. The van der Waals surface area contributed by atoms with Crippen LogP contribution in [0.4, 0.5) is 0 Å². The number of aryl methyl sites for hydroxylation is 1. The highest BCUT2D eigenvalue weighted by molar-refractivity contribution is 5.23. The fraction of sp³-hybridized carbons (Fsp3) is 0.400. The molecule has 1 unspecified atom stereocenters. The summed E-state index contributed by atoms with van der Waals surface area (Å²) in [6.07, 6.45) is 3.79. The number of nitrogens with zero attached hydrogens (tertiary/aromatic N) is 2. The van der Waals surface area contributed by atoms with Gasteiger partial charge in [-0.25, -0.2) is 4.98 Å². The zero-order valence-electron chi connectivity index (χ0n) is 11.8. The number of nitrogens with one attached hydrogen (secondary N) is 1. The van der Waals surface area contributed by atoms with E-state index in [0.717, 1.165) is 12.4 Å². The van der Waals surface area contributed by atoms with E-state index in [9.17, 15) is 0 Å². The molecule has 0 amide bonds. The normalized spacial score (nSPS) is 12.6. The standard InChI is InChI=1S/C15H21N3O/c1-12(15-16-7-8-18(15)2)17-10-13-5-4-6-14(9-13)11-19-3/h4-9,12,17H,10-11H2,1-3H3. The lowest BCUT2D eigenvalue weighted by Crippen LogP contribution is -2.21. The largest absolute Gasteiger partial charge is 0.380 e. The Labute approximate surface area is 114 Å². The fourth-order valence-electron chi connectivity index (χ4n) is 2.15. The molecule has 1 aromatic carbocycles. The summed E-state index contributed by atoms with van der Waals surface area (Å²) in [5.74, 6) is 1.05. The maximum absolute atomic E-state index is 5.15. The van der Waals surface area contributed by atoms with E-state index >= 15 is 0 Å². The first-order chi connectivity index (χ1) is 9.20. The SMILES string of the molecule is COCc1cccc(CNC(C)c2nccn2C)c1. The van der Waals surface area contributed by atoms with Crippen LogP contribution in [0, 0.1) is 0 Å². The summed E-state index contributed by atoms with van der Waals surface area (Å²) in [4.78, 5) is 4.36. The van der Waals surface area contributed by atoms with Crippen LogP contribution in [0.15, 0.2) is 36.7 Å². The van der Waals surface area contributed by atoms with Crippen molar-refractivity contribution in [1.82, 2.24) is 14.9 Å². The van der Waals surface area contributed by atoms with Gasteiger partial charge in [-0.15, -0.1) is 0 Å². The van der Waals surface area contributed by atoms with Gasteiger partial charge in [-0.3, -0.25) is 0 Å². The number of hydrogen-bond donors (Lipinski definition) is 1. The fourth-order valence-corrected chi connectivity index (χ4v) is 2.15. The highest BCUT2D eigenvalue weighted by atomic mass is 16.5. The van der Waals surface area contributed by atoms with E-state index in [1.165, 1.54) is 11.1 Å².